The zero-order valence-corrected chi connectivity index (χ0v) is 28.2. The third kappa shape index (κ3) is 4.91. The first kappa shape index (κ1) is 30.6. The molecule has 5 heterocycles. The summed E-state index contributed by atoms with van der Waals surface area (Å²) < 4.78 is 5.17. The van der Waals surface area contributed by atoms with E-state index >= 15 is 0 Å². The molecule has 3 aliphatic heterocycles. The molecule has 6 rings (SSSR count). The molecule has 3 aromatic rings. The maximum absolute atomic E-state index is 12.7. The molecule has 232 valence electrons. The lowest BCUT2D eigenvalue weighted by Crippen LogP contribution is -2.37. The Hall–Kier alpha value is -4.45. The smallest absolute Gasteiger partial charge is 0.305 e. The lowest BCUT2D eigenvalue weighted by Gasteiger charge is -2.37. The van der Waals surface area contributed by atoms with Gasteiger partial charge in [0.25, 0.3) is 0 Å². The number of methoxy groups -OCH3 is 1. The van der Waals surface area contributed by atoms with Gasteiger partial charge in [-0.05, 0) is 137 Å². The molecule has 2 aromatic heterocycles. The van der Waals surface area contributed by atoms with E-state index in [9.17, 15) is 4.79 Å². The molecule has 2 atom stereocenters. The fourth-order valence-electron chi connectivity index (χ4n) is 7.11. The minimum absolute atomic E-state index is 0.168. The molecule has 0 amide bonds. The average molecular weight is 601 g/mol. The van der Waals surface area contributed by atoms with Gasteiger partial charge in [-0.15, -0.1) is 0 Å². The van der Waals surface area contributed by atoms with Crippen LogP contribution >= 0.6 is 0 Å². The van der Waals surface area contributed by atoms with Crippen molar-refractivity contribution in [1.82, 2.24) is 9.97 Å². The van der Waals surface area contributed by atoms with Crippen molar-refractivity contribution in [1.29, 1.82) is 0 Å². The first-order chi connectivity index (χ1) is 21.4. The highest BCUT2D eigenvalue weighted by molar-refractivity contribution is 6.23. The van der Waals surface area contributed by atoms with Crippen molar-refractivity contribution in [3.63, 3.8) is 0 Å². The van der Waals surface area contributed by atoms with Crippen LogP contribution < -0.4 is 10.7 Å². The predicted octanol–water partition coefficient (Wildman–Crippen LogP) is 6.80. The van der Waals surface area contributed by atoms with Gasteiger partial charge < -0.3 is 14.7 Å². The van der Waals surface area contributed by atoms with E-state index in [0.717, 1.165) is 67.1 Å². The molecule has 0 saturated carbocycles. The molecular formula is C39H44N4O2. The Morgan fingerprint density at radius 2 is 1.44 bits per heavy atom. The Morgan fingerprint density at radius 1 is 0.778 bits per heavy atom. The van der Waals surface area contributed by atoms with Crippen molar-refractivity contribution in [2.45, 2.75) is 86.6 Å². The Labute approximate surface area is 266 Å². The van der Waals surface area contributed by atoms with Crippen LogP contribution in [-0.4, -0.2) is 40.0 Å². The maximum atomic E-state index is 12.7. The van der Waals surface area contributed by atoms with Gasteiger partial charge in [0.2, 0.25) is 0 Å². The second-order valence-electron chi connectivity index (χ2n) is 13.1. The van der Waals surface area contributed by atoms with E-state index in [1.807, 2.05) is 0 Å². The van der Waals surface area contributed by atoms with Crippen molar-refractivity contribution >= 4 is 29.5 Å². The van der Waals surface area contributed by atoms with Crippen LogP contribution in [0.25, 0.3) is 12.2 Å². The van der Waals surface area contributed by atoms with Crippen LogP contribution in [0.2, 0.25) is 0 Å². The second-order valence-corrected chi connectivity index (χ2v) is 13.1. The van der Waals surface area contributed by atoms with Crippen LogP contribution in [-0.2, 0) is 9.53 Å². The number of esters is 1. The van der Waals surface area contributed by atoms with Gasteiger partial charge in [-0.2, -0.15) is 0 Å². The number of hydrogen-bond donors (Lipinski definition) is 2. The number of allylic oxidation sites excluding steroid dienone is 4. The fourth-order valence-corrected chi connectivity index (χ4v) is 7.11. The van der Waals surface area contributed by atoms with Crippen molar-refractivity contribution in [3.05, 3.63) is 114 Å². The van der Waals surface area contributed by atoms with Crippen LogP contribution in [0.3, 0.4) is 0 Å². The first-order valence-electron chi connectivity index (χ1n) is 15.8. The van der Waals surface area contributed by atoms with Gasteiger partial charge in [0.05, 0.1) is 35.7 Å². The van der Waals surface area contributed by atoms with Crippen molar-refractivity contribution in [2.75, 3.05) is 7.11 Å². The van der Waals surface area contributed by atoms with Gasteiger partial charge in [-0.1, -0.05) is 29.8 Å². The molecule has 6 heteroatoms. The summed E-state index contributed by atoms with van der Waals surface area (Å²) in [5, 5.41) is 2.15. The molecule has 0 fully saturated rings. The molecule has 45 heavy (non-hydrogen) atoms. The number of aryl methyl sites for hydroxylation is 1. The van der Waals surface area contributed by atoms with E-state index in [4.69, 9.17) is 14.7 Å². The molecule has 1 aromatic carbocycles. The number of hydrogen-bond acceptors (Lipinski definition) is 4. The Bertz CT molecular complexity index is 2040. The number of fused-ring (bicyclic) bond motifs is 6. The van der Waals surface area contributed by atoms with Crippen LogP contribution in [0.5, 0.6) is 0 Å². The summed E-state index contributed by atoms with van der Waals surface area (Å²) in [6, 6.07) is 8.78. The molecule has 0 saturated heterocycles. The first-order valence-corrected chi connectivity index (χ1v) is 15.8. The minimum Gasteiger partial charge on any atom is -0.469 e. The van der Waals surface area contributed by atoms with Crippen molar-refractivity contribution < 1.29 is 9.53 Å². The molecule has 6 nitrogen and oxygen atoms in total. The number of aromatic nitrogens is 2. The summed E-state index contributed by atoms with van der Waals surface area (Å²) in [6.07, 6.45) is 7.31. The largest absolute Gasteiger partial charge is 0.469 e. The number of rotatable bonds is 4. The minimum atomic E-state index is -0.716. The highest BCUT2D eigenvalue weighted by Crippen LogP contribution is 2.50. The van der Waals surface area contributed by atoms with Crippen LogP contribution in [0.4, 0.5) is 0 Å². The summed E-state index contributed by atoms with van der Waals surface area (Å²) in [4.78, 5) is 31.1. The second kappa shape index (κ2) is 11.2. The Balaban J connectivity index is 1.74. The monoisotopic (exact) mass is 600 g/mol. The van der Waals surface area contributed by atoms with Gasteiger partial charge in [-0.25, -0.2) is 4.99 Å². The van der Waals surface area contributed by atoms with Gasteiger partial charge in [-0.3, -0.25) is 9.79 Å². The average Bonchev–Trinajstić information content (AvgIpc) is 3.64. The number of carbonyl (C=O) groups excluding carboxylic acids is 1. The molecule has 8 bridgehead atoms. The summed E-state index contributed by atoms with van der Waals surface area (Å²) in [7, 11) is 1.46. The Kier molecular flexibility index (Phi) is 7.59. The lowest BCUT2D eigenvalue weighted by atomic mass is 9.70. The van der Waals surface area contributed by atoms with E-state index in [1.165, 1.54) is 34.9 Å². The van der Waals surface area contributed by atoms with Gasteiger partial charge in [0, 0.05) is 28.5 Å². The zero-order valence-electron chi connectivity index (χ0n) is 28.2. The number of ether oxygens (including phenoxy) is 1. The normalized spacial score (nSPS) is 23.6. The molecular weight excluding hydrogens is 556 g/mol. The summed E-state index contributed by atoms with van der Waals surface area (Å²) in [6.45, 7) is 19.5. The third-order valence-electron chi connectivity index (χ3n) is 10.7. The number of nitrogens with zero attached hydrogens (tertiary/aromatic N) is 2. The Morgan fingerprint density at radius 3 is 2.11 bits per heavy atom. The van der Waals surface area contributed by atoms with Gasteiger partial charge in [0.1, 0.15) is 0 Å². The molecule has 0 radical (unpaired) electrons. The molecule has 0 spiro atoms. The molecule has 0 unspecified atom stereocenters. The summed E-state index contributed by atoms with van der Waals surface area (Å²) in [5.41, 5.74) is 16.1. The number of aromatic amines is 2. The highest BCUT2D eigenvalue weighted by atomic mass is 16.5. The number of benzene rings is 1. The maximum Gasteiger partial charge on any atom is 0.305 e. The van der Waals surface area contributed by atoms with E-state index in [0.29, 0.717) is 6.42 Å². The predicted molar refractivity (Wildman–Crippen MR) is 185 cm³/mol. The lowest BCUT2D eigenvalue weighted by molar-refractivity contribution is -0.141. The SMILES string of the molecule is COC(=O)CC[C@]12N=C(/C=C3N=C(/C=c4\[nH]/c(c(C)c4C)=C\c4[nH]c(c(C)c4C)[C@H]1c1ccc(C)cc1)C(C)=C\3C)C(C)=C2C. The van der Waals surface area contributed by atoms with E-state index in [2.05, 4.69) is 115 Å². The summed E-state index contributed by atoms with van der Waals surface area (Å²) in [5.74, 6) is -0.401. The summed E-state index contributed by atoms with van der Waals surface area (Å²) >= 11 is 0. The number of aliphatic imine (C=N–C) groups is 2. The molecule has 3 aliphatic rings. The number of H-pyrrole nitrogens is 2. The molecule has 2 N–H and O–H groups in total. The van der Waals surface area contributed by atoms with Crippen LogP contribution in [0.15, 0.2) is 68.3 Å². The van der Waals surface area contributed by atoms with Crippen molar-refractivity contribution in [3.8, 4) is 0 Å². The standard InChI is InChI=1S/C39H44N4O2/c1-20-11-13-29(14-12-20)37-38-26(7)25(6)34(42-38)18-32-22(3)21(2)30(40-32)17-31-23(4)24(5)33(41-31)19-35-27(8)28(9)39(37,43-35)16-15-36(44)45-10/h11-14,17-19,37,40,42H,15-16H2,1-10H3/b30-17-,32-18-,33-19-/t37-,39-/m1/s1. The van der Waals surface area contributed by atoms with Gasteiger partial charge in [0.15, 0.2) is 0 Å². The topological polar surface area (TPSA) is 82.6 Å². The third-order valence-corrected chi connectivity index (χ3v) is 10.7. The quantitative estimate of drug-likeness (QED) is 0.323. The van der Waals surface area contributed by atoms with Crippen LogP contribution in [0.1, 0.15) is 91.2 Å². The molecule has 0 aliphatic carbocycles. The number of carbonyl (C=O) groups is 1. The van der Waals surface area contributed by atoms with E-state index < -0.39 is 5.54 Å². The number of nitrogens with one attached hydrogen (secondary N) is 2. The highest BCUT2D eigenvalue weighted by Gasteiger charge is 2.48. The van der Waals surface area contributed by atoms with Gasteiger partial charge >= 0.3 is 5.97 Å². The van der Waals surface area contributed by atoms with Crippen molar-refractivity contribution in [2.24, 2.45) is 9.98 Å². The van der Waals surface area contributed by atoms with E-state index in [-0.39, 0.29) is 18.3 Å². The van der Waals surface area contributed by atoms with E-state index in [1.54, 1.807) is 0 Å². The van der Waals surface area contributed by atoms with Crippen LogP contribution in [0, 0.1) is 34.6 Å². The fraction of sp³-hybridized carbons (Fsp3) is 0.359. The zero-order chi connectivity index (χ0) is 32.4.